The number of rotatable bonds is 6. The molecule has 0 unspecified atom stereocenters. The van der Waals surface area contributed by atoms with Crippen LogP contribution in [-0.4, -0.2) is 23.2 Å². The van der Waals surface area contributed by atoms with Gasteiger partial charge in [-0.3, -0.25) is 4.79 Å². The second-order valence-corrected chi connectivity index (χ2v) is 7.40. The van der Waals surface area contributed by atoms with Crippen molar-refractivity contribution in [3.05, 3.63) is 81.2 Å². The molecule has 6 heteroatoms. The molecule has 0 aliphatic heterocycles. The lowest BCUT2D eigenvalue weighted by Gasteiger charge is -2.09. The number of aryl methyl sites for hydroxylation is 1. The van der Waals surface area contributed by atoms with Crippen LogP contribution >= 0.6 is 22.6 Å². The molecule has 0 aliphatic rings. The number of hydrogen-bond donors (Lipinski definition) is 2. The molecule has 27 heavy (non-hydrogen) atoms. The van der Waals surface area contributed by atoms with Gasteiger partial charge < -0.3 is 9.88 Å². The Balaban J connectivity index is 1.63. The van der Waals surface area contributed by atoms with Gasteiger partial charge in [-0.1, -0.05) is 18.2 Å². The van der Waals surface area contributed by atoms with E-state index in [0.29, 0.717) is 0 Å². The molecule has 0 bridgehead atoms. The van der Waals surface area contributed by atoms with E-state index in [1.54, 1.807) is 6.21 Å². The zero-order valence-corrected chi connectivity index (χ0v) is 17.4. The molecule has 0 atom stereocenters. The van der Waals surface area contributed by atoms with Crippen LogP contribution in [0.5, 0.6) is 0 Å². The minimum absolute atomic E-state index is 0.170. The fourth-order valence-electron chi connectivity index (χ4n) is 2.86. The second-order valence-electron chi connectivity index (χ2n) is 6.15. The van der Waals surface area contributed by atoms with Gasteiger partial charge in [-0.15, -0.1) is 0 Å². The van der Waals surface area contributed by atoms with Gasteiger partial charge in [0.05, 0.1) is 12.8 Å². The highest BCUT2D eigenvalue weighted by Crippen LogP contribution is 2.20. The number of nitrogens with one attached hydrogen (secondary N) is 2. The maximum absolute atomic E-state index is 11.9. The lowest BCUT2D eigenvalue weighted by atomic mass is 10.2. The van der Waals surface area contributed by atoms with E-state index < -0.39 is 0 Å². The fraction of sp³-hybridized carbons (Fsp3) is 0.143. The third kappa shape index (κ3) is 4.97. The molecule has 5 nitrogen and oxygen atoms in total. The molecule has 3 rings (SSSR count). The first-order valence-electron chi connectivity index (χ1n) is 8.60. The van der Waals surface area contributed by atoms with Crippen molar-refractivity contribution in [2.45, 2.75) is 13.8 Å². The summed E-state index contributed by atoms with van der Waals surface area (Å²) in [6.45, 7) is 4.28. The van der Waals surface area contributed by atoms with Crippen molar-refractivity contribution in [2.75, 3.05) is 11.9 Å². The molecule has 0 aliphatic carbocycles. The SMILES string of the molecule is Cc1cc(/C=N\NC(=O)CNc2ccccc2)c(C)n1-c1ccc(I)cc1. The number of benzene rings is 2. The summed E-state index contributed by atoms with van der Waals surface area (Å²) < 4.78 is 3.38. The summed E-state index contributed by atoms with van der Waals surface area (Å²) >= 11 is 2.30. The van der Waals surface area contributed by atoms with Crippen molar-refractivity contribution in [3.63, 3.8) is 0 Å². The van der Waals surface area contributed by atoms with Gasteiger partial charge in [0, 0.05) is 31.9 Å². The van der Waals surface area contributed by atoms with Crippen molar-refractivity contribution < 1.29 is 4.79 Å². The van der Waals surface area contributed by atoms with Crippen LogP contribution in [0.15, 0.2) is 65.8 Å². The predicted octanol–water partition coefficient (Wildman–Crippen LogP) is 4.26. The minimum Gasteiger partial charge on any atom is -0.376 e. The Morgan fingerprint density at radius 1 is 1.11 bits per heavy atom. The molecule has 2 aromatic carbocycles. The average molecular weight is 472 g/mol. The van der Waals surface area contributed by atoms with Crippen LogP contribution in [0.25, 0.3) is 5.69 Å². The Hall–Kier alpha value is -2.61. The number of amides is 1. The first-order valence-corrected chi connectivity index (χ1v) is 9.68. The average Bonchev–Trinajstić information content (AvgIpc) is 2.95. The molecular weight excluding hydrogens is 451 g/mol. The molecule has 0 spiro atoms. The van der Waals surface area contributed by atoms with E-state index in [1.165, 1.54) is 3.57 Å². The number of carbonyl (C=O) groups is 1. The zero-order chi connectivity index (χ0) is 19.2. The zero-order valence-electron chi connectivity index (χ0n) is 15.2. The van der Waals surface area contributed by atoms with Crippen molar-refractivity contribution in [2.24, 2.45) is 5.10 Å². The van der Waals surface area contributed by atoms with Gasteiger partial charge in [0.2, 0.25) is 0 Å². The summed E-state index contributed by atoms with van der Waals surface area (Å²) in [4.78, 5) is 11.9. The largest absolute Gasteiger partial charge is 0.376 e. The van der Waals surface area contributed by atoms with E-state index in [9.17, 15) is 4.79 Å². The number of aromatic nitrogens is 1. The predicted molar refractivity (Wildman–Crippen MR) is 119 cm³/mol. The van der Waals surface area contributed by atoms with Gasteiger partial charge in [0.15, 0.2) is 0 Å². The number of carbonyl (C=O) groups excluding carboxylic acids is 1. The van der Waals surface area contributed by atoms with Gasteiger partial charge >= 0.3 is 0 Å². The van der Waals surface area contributed by atoms with Crippen LogP contribution in [0.4, 0.5) is 5.69 Å². The number of hydrogen-bond acceptors (Lipinski definition) is 3. The van der Waals surface area contributed by atoms with Gasteiger partial charge in [0.25, 0.3) is 5.91 Å². The Morgan fingerprint density at radius 3 is 2.52 bits per heavy atom. The van der Waals surface area contributed by atoms with E-state index >= 15 is 0 Å². The lowest BCUT2D eigenvalue weighted by molar-refractivity contribution is -0.119. The maximum atomic E-state index is 11.9. The lowest BCUT2D eigenvalue weighted by Crippen LogP contribution is -2.25. The summed E-state index contributed by atoms with van der Waals surface area (Å²) in [6.07, 6.45) is 1.69. The topological polar surface area (TPSA) is 58.4 Å². The maximum Gasteiger partial charge on any atom is 0.259 e. The van der Waals surface area contributed by atoms with Crippen LogP contribution < -0.4 is 10.7 Å². The number of hydrazone groups is 1. The van der Waals surface area contributed by atoms with Crippen molar-refractivity contribution in [1.82, 2.24) is 9.99 Å². The third-order valence-electron chi connectivity index (χ3n) is 4.17. The summed E-state index contributed by atoms with van der Waals surface area (Å²) in [6, 6.07) is 20.0. The minimum atomic E-state index is -0.193. The van der Waals surface area contributed by atoms with E-state index in [-0.39, 0.29) is 12.5 Å². The van der Waals surface area contributed by atoms with Gasteiger partial charge in [-0.25, -0.2) is 5.43 Å². The Labute approximate surface area is 172 Å². The van der Waals surface area contributed by atoms with Crippen LogP contribution in [0.3, 0.4) is 0 Å². The molecule has 138 valence electrons. The molecule has 1 amide bonds. The highest BCUT2D eigenvalue weighted by atomic mass is 127. The molecule has 0 saturated heterocycles. The molecule has 0 fully saturated rings. The first kappa shape index (κ1) is 19.2. The van der Waals surface area contributed by atoms with E-state index in [4.69, 9.17) is 0 Å². The Kier molecular flexibility index (Phi) is 6.28. The van der Waals surface area contributed by atoms with Crippen molar-refractivity contribution >= 4 is 40.4 Å². The third-order valence-corrected chi connectivity index (χ3v) is 4.89. The monoisotopic (exact) mass is 472 g/mol. The van der Waals surface area contributed by atoms with Crippen molar-refractivity contribution in [3.8, 4) is 5.69 Å². The summed E-state index contributed by atoms with van der Waals surface area (Å²) in [5, 5.41) is 7.15. The highest BCUT2D eigenvalue weighted by Gasteiger charge is 2.09. The van der Waals surface area contributed by atoms with E-state index in [2.05, 4.69) is 80.3 Å². The second kappa shape index (κ2) is 8.85. The van der Waals surface area contributed by atoms with Crippen LogP contribution in [0, 0.1) is 17.4 Å². The Morgan fingerprint density at radius 2 is 1.81 bits per heavy atom. The van der Waals surface area contributed by atoms with Crippen LogP contribution in [0.2, 0.25) is 0 Å². The number of nitrogens with zero attached hydrogens (tertiary/aromatic N) is 2. The normalized spacial score (nSPS) is 10.9. The molecule has 2 N–H and O–H groups in total. The molecule has 0 radical (unpaired) electrons. The van der Waals surface area contributed by atoms with Gasteiger partial charge in [0.1, 0.15) is 0 Å². The smallest absolute Gasteiger partial charge is 0.259 e. The molecule has 1 aromatic heterocycles. The molecule has 1 heterocycles. The van der Waals surface area contributed by atoms with E-state index in [1.807, 2.05) is 37.3 Å². The quantitative estimate of drug-likeness (QED) is 0.320. The summed E-state index contributed by atoms with van der Waals surface area (Å²) in [5.74, 6) is -0.193. The fourth-order valence-corrected chi connectivity index (χ4v) is 3.22. The van der Waals surface area contributed by atoms with Gasteiger partial charge in [-0.2, -0.15) is 5.10 Å². The van der Waals surface area contributed by atoms with Crippen molar-refractivity contribution in [1.29, 1.82) is 0 Å². The Bertz CT molecular complexity index is 946. The summed E-state index contributed by atoms with van der Waals surface area (Å²) in [7, 11) is 0. The molecule has 0 saturated carbocycles. The highest BCUT2D eigenvalue weighted by molar-refractivity contribution is 14.1. The molecule has 3 aromatic rings. The van der Waals surface area contributed by atoms with Gasteiger partial charge in [-0.05, 0) is 78.9 Å². The first-order chi connectivity index (χ1) is 13.0. The number of halogens is 1. The van der Waals surface area contributed by atoms with Crippen LogP contribution in [0.1, 0.15) is 17.0 Å². The number of anilines is 1. The van der Waals surface area contributed by atoms with E-state index in [0.717, 1.165) is 28.3 Å². The summed E-state index contributed by atoms with van der Waals surface area (Å²) in [5.41, 5.74) is 7.75. The molecular formula is C21H21IN4O. The number of para-hydroxylation sites is 1. The standard InChI is InChI=1S/C21H21IN4O/c1-15-12-17(16(2)26(15)20-10-8-18(22)9-11-20)13-24-25-21(27)14-23-19-6-4-3-5-7-19/h3-13,23H,14H2,1-2H3,(H,25,27)/b24-13-. The van der Waals surface area contributed by atoms with Crippen LogP contribution in [-0.2, 0) is 4.79 Å².